The monoisotopic (exact) mass is 627 g/mol. The lowest BCUT2D eigenvalue weighted by Crippen LogP contribution is -2.38. The van der Waals surface area contributed by atoms with Gasteiger partial charge < -0.3 is 20.8 Å². The number of fused-ring (bicyclic) bond motifs is 2. The lowest BCUT2D eigenvalue weighted by molar-refractivity contribution is -0.206. The molecule has 0 unspecified atom stereocenters. The number of hydrogen-bond acceptors (Lipinski definition) is 10. The molecule has 1 aliphatic heterocycles. The van der Waals surface area contributed by atoms with Gasteiger partial charge in [0, 0.05) is 48.1 Å². The standard InChI is InChI=1S/C33H32F3N9O/c1-5-6-12-45-18-27(43-44-45)30(24-8-7-9-25-23(24)10-11-39-31(25)46-4)42-22-13-20(15-37)28-26(14-22)29(21(16-38)17-40-28)41-19-32(2,3)33(34,35)36/h5,7-11,13-14,17-18,30,42-44H,1,6,12,19H2,2-4H3,(H,40,41)/t30-/m0/s1. The number of hydrogen-bond donors (Lipinski definition) is 4. The molecule has 10 nitrogen and oxygen atoms in total. The maximum atomic E-state index is 13.7. The van der Waals surface area contributed by atoms with Crippen LogP contribution in [0.2, 0.25) is 0 Å². The molecule has 4 aromatic rings. The van der Waals surface area contributed by atoms with Gasteiger partial charge in [0.2, 0.25) is 5.88 Å². The van der Waals surface area contributed by atoms with E-state index in [1.807, 2.05) is 47.6 Å². The van der Waals surface area contributed by atoms with E-state index < -0.39 is 24.2 Å². The van der Waals surface area contributed by atoms with E-state index in [0.29, 0.717) is 23.5 Å². The minimum Gasteiger partial charge on any atom is -0.481 e. The largest absolute Gasteiger partial charge is 0.481 e. The van der Waals surface area contributed by atoms with Gasteiger partial charge >= 0.3 is 6.18 Å². The van der Waals surface area contributed by atoms with E-state index in [1.54, 1.807) is 25.4 Å². The van der Waals surface area contributed by atoms with Gasteiger partial charge in [-0.3, -0.25) is 9.99 Å². The maximum absolute atomic E-state index is 13.7. The Balaban J connectivity index is 1.65. The van der Waals surface area contributed by atoms with Crippen molar-refractivity contribution in [3.8, 4) is 18.0 Å². The number of nitriles is 2. The maximum Gasteiger partial charge on any atom is 0.395 e. The molecule has 0 radical (unpaired) electrons. The van der Waals surface area contributed by atoms with E-state index in [1.165, 1.54) is 6.20 Å². The number of hydrazine groups is 2. The van der Waals surface area contributed by atoms with Crippen molar-refractivity contribution >= 4 is 33.1 Å². The van der Waals surface area contributed by atoms with Gasteiger partial charge in [-0.25, -0.2) is 4.98 Å². The molecular weight excluding hydrogens is 595 g/mol. The van der Waals surface area contributed by atoms with Crippen LogP contribution >= 0.6 is 0 Å². The molecule has 0 aliphatic carbocycles. The average molecular weight is 628 g/mol. The molecule has 0 fully saturated rings. The second-order valence-electron chi connectivity index (χ2n) is 11.4. The van der Waals surface area contributed by atoms with Gasteiger partial charge in [0.25, 0.3) is 0 Å². The Labute approximate surface area is 264 Å². The van der Waals surface area contributed by atoms with Crippen LogP contribution in [-0.2, 0) is 0 Å². The molecule has 0 saturated heterocycles. The molecule has 0 amide bonds. The molecule has 1 atom stereocenters. The van der Waals surface area contributed by atoms with Crippen molar-refractivity contribution in [2.75, 3.05) is 30.8 Å². The quantitative estimate of drug-likeness (QED) is 0.138. The summed E-state index contributed by atoms with van der Waals surface area (Å²) in [4.78, 5) is 8.66. The highest BCUT2D eigenvalue weighted by atomic mass is 19.4. The molecular formula is C33H32F3N9O. The highest BCUT2D eigenvalue weighted by molar-refractivity contribution is 5.99. The van der Waals surface area contributed by atoms with Crippen molar-refractivity contribution in [2.24, 2.45) is 5.41 Å². The number of halogens is 3. The third-order valence-electron chi connectivity index (χ3n) is 7.83. The summed E-state index contributed by atoms with van der Waals surface area (Å²) in [6.45, 7) is 6.11. The summed E-state index contributed by atoms with van der Waals surface area (Å²) in [6, 6.07) is 14.6. The highest BCUT2D eigenvalue weighted by Gasteiger charge is 2.47. The van der Waals surface area contributed by atoms with Crippen LogP contribution in [0.3, 0.4) is 0 Å². The lowest BCUT2D eigenvalue weighted by atomic mass is 9.92. The number of aromatic nitrogens is 2. The number of nitrogens with zero attached hydrogens (tertiary/aromatic N) is 5. The highest BCUT2D eigenvalue weighted by Crippen LogP contribution is 2.40. The molecule has 2 aromatic heterocycles. The zero-order valence-electron chi connectivity index (χ0n) is 25.5. The number of benzene rings is 2. The molecule has 46 heavy (non-hydrogen) atoms. The van der Waals surface area contributed by atoms with Gasteiger partial charge in [-0.15, -0.1) is 12.1 Å². The normalized spacial score (nSPS) is 13.8. The van der Waals surface area contributed by atoms with E-state index in [4.69, 9.17) is 4.74 Å². The SMILES string of the molecule is C=CCCN1C=C([C@@H](Nc2cc(C#N)c3ncc(C#N)c(NCC(C)(C)C(F)(F)F)c3c2)c2cccc3c(OC)nccc23)NN1. The summed E-state index contributed by atoms with van der Waals surface area (Å²) in [5.41, 5.74) is 7.02. The smallest absolute Gasteiger partial charge is 0.395 e. The number of pyridine rings is 2. The van der Waals surface area contributed by atoms with E-state index in [2.05, 4.69) is 44.2 Å². The van der Waals surface area contributed by atoms with Gasteiger partial charge in [-0.1, -0.05) is 18.2 Å². The molecule has 5 rings (SSSR count). The third kappa shape index (κ3) is 6.18. The molecule has 3 heterocycles. The Kier molecular flexibility index (Phi) is 8.89. The van der Waals surface area contributed by atoms with E-state index in [9.17, 15) is 23.7 Å². The van der Waals surface area contributed by atoms with Crippen LogP contribution in [0, 0.1) is 28.1 Å². The zero-order chi connectivity index (χ0) is 33.1. The summed E-state index contributed by atoms with van der Waals surface area (Å²) >= 11 is 0. The Morgan fingerprint density at radius 1 is 1.09 bits per heavy atom. The molecule has 1 aliphatic rings. The van der Waals surface area contributed by atoms with Crippen molar-refractivity contribution in [1.82, 2.24) is 25.9 Å². The van der Waals surface area contributed by atoms with E-state index in [-0.39, 0.29) is 22.3 Å². The molecule has 0 saturated carbocycles. The van der Waals surface area contributed by atoms with Crippen LogP contribution in [0.25, 0.3) is 21.7 Å². The van der Waals surface area contributed by atoms with Crippen molar-refractivity contribution in [3.05, 3.63) is 90.0 Å². The summed E-state index contributed by atoms with van der Waals surface area (Å²) < 4.78 is 46.7. The van der Waals surface area contributed by atoms with Crippen LogP contribution < -0.4 is 26.3 Å². The fourth-order valence-electron chi connectivity index (χ4n) is 5.13. The van der Waals surface area contributed by atoms with Crippen molar-refractivity contribution in [3.63, 3.8) is 0 Å². The Bertz CT molecular complexity index is 1910. The van der Waals surface area contributed by atoms with E-state index >= 15 is 0 Å². The summed E-state index contributed by atoms with van der Waals surface area (Å²) in [5, 5.41) is 30.2. The zero-order valence-corrected chi connectivity index (χ0v) is 25.5. The molecule has 236 valence electrons. The second kappa shape index (κ2) is 12.8. The first-order valence-corrected chi connectivity index (χ1v) is 14.4. The molecule has 4 N–H and O–H groups in total. The van der Waals surface area contributed by atoms with Gasteiger partial charge in [-0.05, 0) is 55.5 Å². The van der Waals surface area contributed by atoms with E-state index in [0.717, 1.165) is 42.3 Å². The van der Waals surface area contributed by atoms with Crippen molar-refractivity contribution in [2.45, 2.75) is 32.5 Å². The predicted octanol–water partition coefficient (Wildman–Crippen LogP) is 6.43. The fourth-order valence-corrected chi connectivity index (χ4v) is 5.13. The lowest BCUT2D eigenvalue weighted by Gasteiger charge is -2.29. The van der Waals surface area contributed by atoms with Crippen molar-refractivity contribution < 1.29 is 17.9 Å². The van der Waals surface area contributed by atoms with Gasteiger partial charge in [0.15, 0.2) is 0 Å². The Morgan fingerprint density at radius 3 is 2.57 bits per heavy atom. The first-order valence-electron chi connectivity index (χ1n) is 14.4. The van der Waals surface area contributed by atoms with Crippen LogP contribution in [0.15, 0.2) is 73.3 Å². The summed E-state index contributed by atoms with van der Waals surface area (Å²) in [7, 11) is 1.55. The molecule has 13 heteroatoms. The van der Waals surface area contributed by atoms with Crippen LogP contribution in [-0.4, -0.2) is 41.4 Å². The number of nitrogens with one attached hydrogen (secondary N) is 4. The fraction of sp³-hybridized carbons (Fsp3) is 0.273. The average Bonchev–Trinajstić information content (AvgIpc) is 3.52. The first-order chi connectivity index (χ1) is 22.0. The number of methoxy groups -OCH3 is 1. The number of alkyl halides is 3. The molecule has 0 spiro atoms. The van der Waals surface area contributed by atoms with Gasteiger partial charge in [0.05, 0.1) is 46.6 Å². The number of ether oxygens (including phenoxy) is 1. The molecule has 2 aromatic carbocycles. The van der Waals surface area contributed by atoms with Gasteiger partial charge in [0.1, 0.15) is 12.1 Å². The van der Waals surface area contributed by atoms with Crippen LogP contribution in [0.1, 0.15) is 43.0 Å². The van der Waals surface area contributed by atoms with Crippen LogP contribution in [0.4, 0.5) is 24.5 Å². The Hall–Kier alpha value is -5.53. The van der Waals surface area contributed by atoms with Gasteiger partial charge in [-0.2, -0.15) is 23.7 Å². The van der Waals surface area contributed by atoms with Crippen LogP contribution in [0.5, 0.6) is 5.88 Å². The Morgan fingerprint density at radius 2 is 1.87 bits per heavy atom. The third-order valence-corrected chi connectivity index (χ3v) is 7.83. The van der Waals surface area contributed by atoms with Crippen molar-refractivity contribution in [1.29, 1.82) is 10.5 Å². The number of anilines is 2. The molecule has 0 bridgehead atoms. The second-order valence-corrected chi connectivity index (χ2v) is 11.4. The summed E-state index contributed by atoms with van der Waals surface area (Å²) in [5.74, 6) is 0.460. The summed E-state index contributed by atoms with van der Waals surface area (Å²) in [6.07, 6.45) is 2.91. The topological polar surface area (TPSA) is 134 Å². The predicted molar refractivity (Wildman–Crippen MR) is 170 cm³/mol. The first kappa shape index (κ1) is 31.9. The minimum absolute atomic E-state index is 0.0546. The number of rotatable bonds is 11. The minimum atomic E-state index is -4.49.